The Hall–Kier alpha value is -1.88. The number of benzene rings is 1. The molecule has 22 heavy (non-hydrogen) atoms. The number of nitrogens with zero attached hydrogens (tertiary/aromatic N) is 3. The van der Waals surface area contributed by atoms with E-state index in [9.17, 15) is 4.79 Å². The molecule has 1 amide bonds. The van der Waals surface area contributed by atoms with Gasteiger partial charge in [0.2, 0.25) is 5.91 Å². The number of isothiocyanates is 1. The first-order valence-electron chi connectivity index (χ1n) is 6.80. The van der Waals surface area contributed by atoms with Crippen LogP contribution in [0.4, 0.5) is 10.8 Å². The summed E-state index contributed by atoms with van der Waals surface area (Å²) in [5.41, 5.74) is 4.98. The van der Waals surface area contributed by atoms with Crippen LogP contribution in [0.25, 0.3) is 0 Å². The minimum absolute atomic E-state index is 0.0608. The molecule has 6 heteroatoms. The Kier molecular flexibility index (Phi) is 5.19. The summed E-state index contributed by atoms with van der Waals surface area (Å²) in [5.74, 6) is -0.0608. The number of aliphatic imine (C=N–C) groups is 1. The van der Waals surface area contributed by atoms with Crippen LogP contribution in [0.1, 0.15) is 29.3 Å². The Morgan fingerprint density at radius 1 is 1.36 bits per heavy atom. The van der Waals surface area contributed by atoms with E-state index in [4.69, 9.17) is 0 Å². The summed E-state index contributed by atoms with van der Waals surface area (Å²) in [6.07, 6.45) is 0. The molecule has 0 fully saturated rings. The maximum absolute atomic E-state index is 12.2. The summed E-state index contributed by atoms with van der Waals surface area (Å²) in [6.45, 7) is 8.01. The third kappa shape index (κ3) is 3.47. The molecule has 1 aromatic heterocycles. The first kappa shape index (κ1) is 16.5. The van der Waals surface area contributed by atoms with E-state index >= 15 is 0 Å². The zero-order chi connectivity index (χ0) is 16.3. The third-order valence-electron chi connectivity index (χ3n) is 3.21. The Balaban J connectivity index is 2.50. The number of aromatic nitrogens is 1. The summed E-state index contributed by atoms with van der Waals surface area (Å²) < 4.78 is 0. The molecule has 0 aliphatic rings. The van der Waals surface area contributed by atoms with Crippen molar-refractivity contribution in [2.75, 3.05) is 4.90 Å². The molecule has 0 saturated carbocycles. The molecule has 1 aromatic carbocycles. The molecule has 0 atom stereocenters. The van der Waals surface area contributed by atoms with Gasteiger partial charge < -0.3 is 0 Å². The molecule has 1 heterocycles. The van der Waals surface area contributed by atoms with E-state index in [0.717, 1.165) is 22.5 Å². The van der Waals surface area contributed by atoms with Crippen molar-refractivity contribution < 1.29 is 4.79 Å². The summed E-state index contributed by atoms with van der Waals surface area (Å²) >= 11 is 5.99. The molecule has 0 radical (unpaired) electrons. The fourth-order valence-corrected chi connectivity index (χ4v) is 3.43. The quantitative estimate of drug-likeness (QED) is 0.618. The van der Waals surface area contributed by atoms with Crippen molar-refractivity contribution >= 4 is 45.4 Å². The number of thiocarbonyl (C=S) groups is 1. The van der Waals surface area contributed by atoms with E-state index in [1.165, 1.54) is 16.9 Å². The van der Waals surface area contributed by atoms with Crippen molar-refractivity contribution in [3.63, 3.8) is 0 Å². The highest BCUT2D eigenvalue weighted by atomic mass is 32.1. The number of hydrogen-bond acceptors (Lipinski definition) is 5. The lowest BCUT2D eigenvalue weighted by Gasteiger charge is -2.23. The Morgan fingerprint density at radius 3 is 2.55 bits per heavy atom. The van der Waals surface area contributed by atoms with Crippen LogP contribution in [0, 0.1) is 20.8 Å². The highest BCUT2D eigenvalue weighted by molar-refractivity contribution is 7.78. The van der Waals surface area contributed by atoms with Gasteiger partial charge in [-0.25, -0.2) is 9.98 Å². The number of thiazole rings is 1. The lowest BCUT2D eigenvalue weighted by molar-refractivity contribution is -0.115. The number of carbonyl (C=O) groups is 1. The number of anilines is 2. The number of rotatable bonds is 4. The Morgan fingerprint density at radius 2 is 2.00 bits per heavy atom. The van der Waals surface area contributed by atoms with E-state index in [1.54, 1.807) is 11.8 Å². The van der Waals surface area contributed by atoms with E-state index in [1.807, 2.05) is 26.2 Å². The molecular weight excluding hydrogens is 314 g/mol. The average Bonchev–Trinajstić information content (AvgIpc) is 2.88. The Labute approximate surface area is 139 Å². The minimum atomic E-state index is -0.0608. The predicted octanol–water partition coefficient (Wildman–Crippen LogP) is 4.36. The molecule has 2 rings (SSSR count). The summed E-state index contributed by atoms with van der Waals surface area (Å²) in [6, 6.07) is 4.15. The van der Waals surface area contributed by atoms with Gasteiger partial charge in [0.1, 0.15) is 0 Å². The molecule has 0 aliphatic carbocycles. The highest BCUT2D eigenvalue weighted by Crippen LogP contribution is 2.34. The van der Waals surface area contributed by atoms with Gasteiger partial charge in [0, 0.05) is 12.3 Å². The van der Waals surface area contributed by atoms with Gasteiger partial charge in [-0.05, 0) is 44.1 Å². The molecule has 0 saturated heterocycles. The second-order valence-electron chi connectivity index (χ2n) is 5.13. The average molecular weight is 331 g/mol. The van der Waals surface area contributed by atoms with Gasteiger partial charge in [0.25, 0.3) is 0 Å². The van der Waals surface area contributed by atoms with Gasteiger partial charge in [0.15, 0.2) is 5.13 Å². The number of aryl methyl sites for hydroxylation is 3. The van der Waals surface area contributed by atoms with Gasteiger partial charge in [-0.2, -0.15) is 0 Å². The fourth-order valence-electron chi connectivity index (χ4n) is 2.50. The monoisotopic (exact) mass is 331 g/mol. The van der Waals surface area contributed by atoms with Crippen molar-refractivity contribution in [1.82, 2.24) is 4.98 Å². The van der Waals surface area contributed by atoms with Crippen molar-refractivity contribution in [1.29, 1.82) is 0 Å². The van der Waals surface area contributed by atoms with Crippen molar-refractivity contribution in [2.24, 2.45) is 4.99 Å². The van der Waals surface area contributed by atoms with Crippen LogP contribution in [0.3, 0.4) is 0 Å². The molecular formula is C16H17N3OS2. The standard InChI is InChI=1S/C16H17N3OS2/c1-10-5-11(2)15(12(3)6-10)19(13(4)20)16-18-14(8-22-16)7-17-9-21/h5-6,8H,7H2,1-4H3. The van der Waals surface area contributed by atoms with Crippen LogP contribution >= 0.6 is 23.6 Å². The lowest BCUT2D eigenvalue weighted by Crippen LogP contribution is -2.24. The minimum Gasteiger partial charge on any atom is -0.274 e. The molecule has 4 nitrogen and oxygen atoms in total. The maximum atomic E-state index is 12.2. The summed E-state index contributed by atoms with van der Waals surface area (Å²) in [7, 11) is 0. The SMILES string of the molecule is CC(=O)N(c1nc(CN=C=S)cs1)c1c(C)cc(C)cc1C. The topological polar surface area (TPSA) is 45.6 Å². The zero-order valence-electron chi connectivity index (χ0n) is 13.0. The first-order valence-corrected chi connectivity index (χ1v) is 8.09. The van der Waals surface area contributed by atoms with Gasteiger partial charge in [-0.15, -0.1) is 11.3 Å². The lowest BCUT2D eigenvalue weighted by atomic mass is 10.0. The van der Waals surface area contributed by atoms with Gasteiger partial charge in [0.05, 0.1) is 23.1 Å². The molecule has 114 valence electrons. The largest absolute Gasteiger partial charge is 0.274 e. The van der Waals surface area contributed by atoms with Gasteiger partial charge in [-0.1, -0.05) is 17.7 Å². The third-order valence-corrected chi connectivity index (χ3v) is 4.21. The van der Waals surface area contributed by atoms with Gasteiger partial charge >= 0.3 is 0 Å². The van der Waals surface area contributed by atoms with Crippen molar-refractivity contribution in [3.05, 3.63) is 39.9 Å². The normalized spacial score (nSPS) is 10.2. The smallest absolute Gasteiger partial charge is 0.230 e. The second kappa shape index (κ2) is 6.92. The van der Waals surface area contributed by atoms with E-state index < -0.39 is 0 Å². The number of hydrogen-bond donors (Lipinski definition) is 0. The zero-order valence-corrected chi connectivity index (χ0v) is 14.6. The van der Waals surface area contributed by atoms with Crippen LogP contribution in [-0.2, 0) is 11.3 Å². The number of amides is 1. The predicted molar refractivity (Wildman–Crippen MR) is 94.3 cm³/mol. The molecule has 2 aromatic rings. The summed E-state index contributed by atoms with van der Waals surface area (Å²) in [5, 5.41) is 4.87. The second-order valence-corrected chi connectivity index (χ2v) is 6.15. The van der Waals surface area contributed by atoms with E-state index in [-0.39, 0.29) is 5.91 Å². The van der Waals surface area contributed by atoms with E-state index in [0.29, 0.717) is 11.7 Å². The summed E-state index contributed by atoms with van der Waals surface area (Å²) in [4.78, 5) is 22.2. The molecule has 0 unspecified atom stereocenters. The van der Waals surface area contributed by atoms with Crippen LogP contribution in [-0.4, -0.2) is 16.1 Å². The molecule has 0 aliphatic heterocycles. The maximum Gasteiger partial charge on any atom is 0.230 e. The number of carbonyl (C=O) groups excluding carboxylic acids is 1. The van der Waals surface area contributed by atoms with Crippen molar-refractivity contribution in [3.8, 4) is 0 Å². The van der Waals surface area contributed by atoms with Gasteiger partial charge in [-0.3, -0.25) is 9.69 Å². The van der Waals surface area contributed by atoms with Crippen molar-refractivity contribution in [2.45, 2.75) is 34.2 Å². The van der Waals surface area contributed by atoms with Crippen LogP contribution in [0.5, 0.6) is 0 Å². The van der Waals surface area contributed by atoms with Crippen LogP contribution in [0.15, 0.2) is 22.5 Å². The Bertz CT molecular complexity index is 737. The highest BCUT2D eigenvalue weighted by Gasteiger charge is 2.21. The molecule has 0 spiro atoms. The molecule has 0 N–H and O–H groups in total. The molecule has 0 bridgehead atoms. The first-order chi connectivity index (χ1) is 10.4. The van der Waals surface area contributed by atoms with E-state index in [2.05, 4.69) is 39.5 Å². The van der Waals surface area contributed by atoms with Crippen LogP contribution < -0.4 is 4.90 Å². The van der Waals surface area contributed by atoms with Crippen LogP contribution in [0.2, 0.25) is 0 Å². The fraction of sp³-hybridized carbons (Fsp3) is 0.312.